The monoisotopic (exact) mass is 284 g/mol. The van der Waals surface area contributed by atoms with Crippen LogP contribution in [0.25, 0.3) is 11.3 Å². The smallest absolute Gasteiger partial charge is 0.0888 e. The largest absolute Gasteiger partial charge is 0.310 e. The Morgan fingerprint density at radius 1 is 1.29 bits per heavy atom. The Hall–Kier alpha value is -1.68. The summed E-state index contributed by atoms with van der Waals surface area (Å²) in [6.45, 7) is 6.40. The normalized spacial score (nSPS) is 17.1. The molecule has 0 saturated heterocycles. The standard InChI is InChI=1S/C17H24N4/c1-3-10-18-16-9-8-13-14(16)6-5-7-15(13)17-12-19-20-21(17)11-4-2/h5-7,12,16,18H,3-4,8-11H2,1-2H3. The van der Waals surface area contributed by atoms with Gasteiger partial charge in [-0.25, -0.2) is 4.68 Å². The molecule has 21 heavy (non-hydrogen) atoms. The number of aromatic nitrogens is 3. The number of hydrogen-bond acceptors (Lipinski definition) is 3. The van der Waals surface area contributed by atoms with Crippen LogP contribution in [0.5, 0.6) is 0 Å². The van der Waals surface area contributed by atoms with Crippen LogP contribution in [0.3, 0.4) is 0 Å². The Balaban J connectivity index is 1.95. The van der Waals surface area contributed by atoms with Crippen molar-refractivity contribution >= 4 is 0 Å². The molecule has 3 rings (SSSR count). The molecule has 1 unspecified atom stereocenters. The molecular formula is C17H24N4. The number of benzene rings is 1. The summed E-state index contributed by atoms with van der Waals surface area (Å²) in [5.74, 6) is 0. The van der Waals surface area contributed by atoms with Crippen molar-refractivity contribution in [2.24, 2.45) is 0 Å². The zero-order valence-electron chi connectivity index (χ0n) is 13.0. The third-order valence-corrected chi connectivity index (χ3v) is 4.24. The van der Waals surface area contributed by atoms with Gasteiger partial charge in [-0.2, -0.15) is 0 Å². The third kappa shape index (κ3) is 2.72. The average Bonchev–Trinajstić information content (AvgIpc) is 3.12. The van der Waals surface area contributed by atoms with E-state index in [1.54, 1.807) is 0 Å². The van der Waals surface area contributed by atoms with Crippen molar-refractivity contribution in [3.05, 3.63) is 35.5 Å². The molecule has 1 aromatic carbocycles. The Morgan fingerprint density at radius 2 is 2.19 bits per heavy atom. The topological polar surface area (TPSA) is 42.7 Å². The van der Waals surface area contributed by atoms with Gasteiger partial charge < -0.3 is 5.32 Å². The maximum Gasteiger partial charge on any atom is 0.0888 e. The fourth-order valence-corrected chi connectivity index (χ4v) is 3.27. The zero-order valence-corrected chi connectivity index (χ0v) is 13.0. The van der Waals surface area contributed by atoms with Gasteiger partial charge in [0.25, 0.3) is 0 Å². The van der Waals surface area contributed by atoms with Gasteiger partial charge in [-0.3, -0.25) is 0 Å². The number of aryl methyl sites for hydroxylation is 1. The molecule has 4 heteroatoms. The molecule has 0 spiro atoms. The van der Waals surface area contributed by atoms with Crippen molar-refractivity contribution in [1.29, 1.82) is 0 Å². The van der Waals surface area contributed by atoms with Gasteiger partial charge in [0.05, 0.1) is 11.9 Å². The lowest BCUT2D eigenvalue weighted by Gasteiger charge is -2.14. The first kappa shape index (κ1) is 14.3. The van der Waals surface area contributed by atoms with Gasteiger partial charge in [0.1, 0.15) is 0 Å². The minimum Gasteiger partial charge on any atom is -0.310 e. The van der Waals surface area contributed by atoms with E-state index in [9.17, 15) is 0 Å². The maximum absolute atomic E-state index is 4.23. The highest BCUT2D eigenvalue weighted by atomic mass is 15.4. The molecule has 2 aromatic rings. The van der Waals surface area contributed by atoms with Crippen molar-refractivity contribution in [2.75, 3.05) is 6.54 Å². The van der Waals surface area contributed by atoms with Crippen molar-refractivity contribution < 1.29 is 0 Å². The zero-order chi connectivity index (χ0) is 14.7. The highest BCUT2D eigenvalue weighted by molar-refractivity contribution is 5.66. The third-order valence-electron chi connectivity index (χ3n) is 4.24. The van der Waals surface area contributed by atoms with Crippen molar-refractivity contribution in [3.63, 3.8) is 0 Å². The molecule has 112 valence electrons. The van der Waals surface area contributed by atoms with Crippen LogP contribution in [0.4, 0.5) is 0 Å². The lowest BCUT2D eigenvalue weighted by atomic mass is 10.00. The Bertz CT molecular complexity index is 603. The van der Waals surface area contributed by atoms with Crippen molar-refractivity contribution in [2.45, 2.75) is 52.1 Å². The Kier molecular flexibility index (Phi) is 4.34. The molecule has 0 amide bonds. The van der Waals surface area contributed by atoms with Crippen LogP contribution in [0.2, 0.25) is 0 Å². The molecule has 0 saturated carbocycles. The van der Waals surface area contributed by atoms with E-state index in [0.717, 1.165) is 31.6 Å². The summed E-state index contributed by atoms with van der Waals surface area (Å²) in [7, 11) is 0. The fraction of sp³-hybridized carbons (Fsp3) is 0.529. The summed E-state index contributed by atoms with van der Waals surface area (Å²) < 4.78 is 2.03. The van der Waals surface area contributed by atoms with Crippen LogP contribution in [-0.2, 0) is 13.0 Å². The summed E-state index contributed by atoms with van der Waals surface area (Å²) in [5, 5.41) is 12.0. The predicted octanol–water partition coefficient (Wildman–Crippen LogP) is 3.34. The summed E-state index contributed by atoms with van der Waals surface area (Å²) in [6.07, 6.45) is 6.49. The molecule has 1 aliphatic rings. The molecule has 1 heterocycles. The second-order valence-electron chi connectivity index (χ2n) is 5.76. The average molecular weight is 284 g/mol. The van der Waals surface area contributed by atoms with Crippen LogP contribution in [0, 0.1) is 0 Å². The van der Waals surface area contributed by atoms with Crippen molar-refractivity contribution in [1.82, 2.24) is 20.3 Å². The summed E-state index contributed by atoms with van der Waals surface area (Å²) in [5.41, 5.74) is 5.41. The van der Waals surface area contributed by atoms with E-state index in [2.05, 4.69) is 47.7 Å². The number of nitrogens with one attached hydrogen (secondary N) is 1. The van der Waals surface area contributed by atoms with Crippen LogP contribution in [0.15, 0.2) is 24.4 Å². The molecule has 0 aliphatic heterocycles. The molecule has 0 bridgehead atoms. The first-order valence-corrected chi connectivity index (χ1v) is 8.09. The first-order valence-electron chi connectivity index (χ1n) is 8.09. The molecule has 4 nitrogen and oxygen atoms in total. The van der Waals surface area contributed by atoms with Gasteiger partial charge in [-0.1, -0.05) is 37.3 Å². The first-order chi connectivity index (χ1) is 10.3. The van der Waals surface area contributed by atoms with E-state index in [4.69, 9.17) is 0 Å². The van der Waals surface area contributed by atoms with E-state index in [1.807, 2.05) is 10.9 Å². The van der Waals surface area contributed by atoms with Gasteiger partial charge in [-0.05, 0) is 43.4 Å². The Morgan fingerprint density at radius 3 is 3.00 bits per heavy atom. The van der Waals surface area contributed by atoms with E-state index >= 15 is 0 Å². The van der Waals surface area contributed by atoms with E-state index in [-0.39, 0.29) is 0 Å². The molecular weight excluding hydrogens is 260 g/mol. The Labute approximate surface area is 126 Å². The number of rotatable bonds is 6. The highest BCUT2D eigenvalue weighted by Crippen LogP contribution is 2.37. The summed E-state index contributed by atoms with van der Waals surface area (Å²) in [4.78, 5) is 0. The number of nitrogens with zero attached hydrogens (tertiary/aromatic N) is 3. The fourth-order valence-electron chi connectivity index (χ4n) is 3.27. The van der Waals surface area contributed by atoms with Gasteiger partial charge in [0, 0.05) is 18.2 Å². The number of hydrogen-bond donors (Lipinski definition) is 1. The quantitative estimate of drug-likeness (QED) is 0.884. The second-order valence-corrected chi connectivity index (χ2v) is 5.76. The molecule has 0 radical (unpaired) electrons. The molecule has 1 atom stereocenters. The van der Waals surface area contributed by atoms with E-state index in [0.29, 0.717) is 6.04 Å². The summed E-state index contributed by atoms with van der Waals surface area (Å²) in [6, 6.07) is 7.16. The van der Waals surface area contributed by atoms with Crippen molar-refractivity contribution in [3.8, 4) is 11.3 Å². The molecule has 1 aliphatic carbocycles. The van der Waals surface area contributed by atoms with Gasteiger partial charge in [0.2, 0.25) is 0 Å². The van der Waals surface area contributed by atoms with Gasteiger partial charge in [0.15, 0.2) is 0 Å². The van der Waals surface area contributed by atoms with Crippen LogP contribution < -0.4 is 5.32 Å². The lowest BCUT2D eigenvalue weighted by Crippen LogP contribution is -2.19. The molecule has 1 N–H and O–H groups in total. The SMILES string of the molecule is CCCNC1CCc2c(-c3cnnn3CCC)cccc21. The maximum atomic E-state index is 4.23. The second kappa shape index (κ2) is 6.39. The number of fused-ring (bicyclic) bond motifs is 1. The van der Waals surface area contributed by atoms with E-state index in [1.165, 1.54) is 29.5 Å². The molecule has 1 aromatic heterocycles. The van der Waals surface area contributed by atoms with Crippen LogP contribution in [-0.4, -0.2) is 21.5 Å². The molecule has 0 fully saturated rings. The van der Waals surface area contributed by atoms with Crippen LogP contribution in [0.1, 0.15) is 50.3 Å². The minimum absolute atomic E-state index is 0.510. The van der Waals surface area contributed by atoms with Crippen LogP contribution >= 0.6 is 0 Å². The van der Waals surface area contributed by atoms with Gasteiger partial charge in [-0.15, -0.1) is 5.10 Å². The highest BCUT2D eigenvalue weighted by Gasteiger charge is 2.25. The lowest BCUT2D eigenvalue weighted by molar-refractivity contribution is 0.529. The predicted molar refractivity (Wildman–Crippen MR) is 85.1 cm³/mol. The van der Waals surface area contributed by atoms with Gasteiger partial charge >= 0.3 is 0 Å². The van der Waals surface area contributed by atoms with E-state index < -0.39 is 0 Å². The minimum atomic E-state index is 0.510. The summed E-state index contributed by atoms with van der Waals surface area (Å²) >= 11 is 0.